The lowest BCUT2D eigenvalue weighted by molar-refractivity contribution is -0.156. The summed E-state index contributed by atoms with van der Waals surface area (Å²) in [5.41, 5.74) is 2.61. The second-order valence-corrected chi connectivity index (χ2v) is 8.63. The van der Waals surface area contributed by atoms with Crippen LogP contribution in [0, 0.1) is 5.92 Å². The molecule has 0 aromatic heterocycles. The molecule has 1 atom stereocenters. The largest absolute Gasteiger partial charge is 0.338 e. The molecule has 2 aliphatic heterocycles. The fourth-order valence-corrected chi connectivity index (χ4v) is 4.35. The highest BCUT2D eigenvalue weighted by atomic mass is 16.2. The Morgan fingerprint density at radius 1 is 0.839 bits per heavy atom. The Morgan fingerprint density at radius 2 is 1.42 bits per heavy atom. The highest BCUT2D eigenvalue weighted by molar-refractivity contribution is 6.35. The van der Waals surface area contributed by atoms with Gasteiger partial charge in [-0.3, -0.25) is 14.4 Å². The number of piperazine rings is 1. The standard InChI is InChI=1S/C25H29N3O3/c1-19-6-5-13-26(16-19)23(29)22-11-9-21(10-12-22)18-28-15-14-27(24(30)25(28)31)17-20-7-3-2-4-8-20/h2-4,7-12,19H,5-6,13-18H2,1H3/t19-/m0/s1. The monoisotopic (exact) mass is 419 g/mol. The maximum atomic E-state index is 12.7. The minimum absolute atomic E-state index is 0.0684. The van der Waals surface area contributed by atoms with Gasteiger partial charge in [0.2, 0.25) is 0 Å². The third kappa shape index (κ3) is 4.95. The molecule has 162 valence electrons. The number of rotatable bonds is 5. The van der Waals surface area contributed by atoms with E-state index in [1.165, 1.54) is 6.42 Å². The number of hydrogen-bond donors (Lipinski definition) is 0. The third-order valence-electron chi connectivity index (χ3n) is 6.13. The number of benzene rings is 2. The molecule has 0 saturated carbocycles. The van der Waals surface area contributed by atoms with Gasteiger partial charge in [0.1, 0.15) is 0 Å². The summed E-state index contributed by atoms with van der Waals surface area (Å²) < 4.78 is 0. The maximum absolute atomic E-state index is 12.7. The van der Waals surface area contributed by atoms with Crippen molar-refractivity contribution < 1.29 is 14.4 Å². The molecule has 0 radical (unpaired) electrons. The summed E-state index contributed by atoms with van der Waals surface area (Å²) in [7, 11) is 0. The maximum Gasteiger partial charge on any atom is 0.312 e. The van der Waals surface area contributed by atoms with Gasteiger partial charge in [-0.05, 0) is 42.0 Å². The van der Waals surface area contributed by atoms with Gasteiger partial charge in [-0.25, -0.2) is 0 Å². The summed E-state index contributed by atoms with van der Waals surface area (Å²) in [6, 6.07) is 17.1. The fraction of sp³-hybridized carbons (Fsp3) is 0.400. The van der Waals surface area contributed by atoms with Crippen molar-refractivity contribution in [2.24, 2.45) is 5.92 Å². The lowest BCUT2D eigenvalue weighted by Gasteiger charge is -2.34. The van der Waals surface area contributed by atoms with Crippen molar-refractivity contribution in [2.75, 3.05) is 26.2 Å². The summed E-state index contributed by atoms with van der Waals surface area (Å²) in [6.45, 7) is 5.65. The van der Waals surface area contributed by atoms with E-state index in [1.54, 1.807) is 9.80 Å². The van der Waals surface area contributed by atoms with Crippen molar-refractivity contribution in [1.82, 2.24) is 14.7 Å². The molecule has 0 bridgehead atoms. The normalized spacial score (nSPS) is 19.6. The van der Waals surface area contributed by atoms with Crippen LogP contribution in [0.5, 0.6) is 0 Å². The third-order valence-corrected chi connectivity index (χ3v) is 6.13. The Morgan fingerprint density at radius 3 is 2.00 bits per heavy atom. The molecule has 0 N–H and O–H groups in total. The van der Waals surface area contributed by atoms with Crippen LogP contribution in [-0.2, 0) is 22.7 Å². The second kappa shape index (κ2) is 9.33. The predicted molar refractivity (Wildman–Crippen MR) is 118 cm³/mol. The van der Waals surface area contributed by atoms with Crippen molar-refractivity contribution in [1.29, 1.82) is 0 Å². The summed E-state index contributed by atoms with van der Waals surface area (Å²) in [6.07, 6.45) is 2.23. The summed E-state index contributed by atoms with van der Waals surface area (Å²) in [4.78, 5) is 43.0. The topological polar surface area (TPSA) is 60.9 Å². The quantitative estimate of drug-likeness (QED) is 0.700. The van der Waals surface area contributed by atoms with E-state index >= 15 is 0 Å². The van der Waals surface area contributed by atoms with Crippen molar-refractivity contribution in [3.63, 3.8) is 0 Å². The van der Waals surface area contributed by atoms with Crippen LogP contribution in [0.1, 0.15) is 41.3 Å². The van der Waals surface area contributed by atoms with Gasteiger partial charge in [0.25, 0.3) is 5.91 Å². The van der Waals surface area contributed by atoms with Crippen LogP contribution in [0.3, 0.4) is 0 Å². The molecule has 4 rings (SSSR count). The Bertz CT molecular complexity index is 942. The van der Waals surface area contributed by atoms with Crippen LogP contribution >= 0.6 is 0 Å². The number of carbonyl (C=O) groups is 3. The predicted octanol–water partition coefficient (Wildman–Crippen LogP) is 2.93. The number of likely N-dealkylation sites (tertiary alicyclic amines) is 1. The van der Waals surface area contributed by atoms with Gasteiger partial charge < -0.3 is 14.7 Å². The molecule has 2 aromatic carbocycles. The zero-order chi connectivity index (χ0) is 21.8. The summed E-state index contributed by atoms with van der Waals surface area (Å²) in [5.74, 6) is -0.314. The lowest BCUT2D eigenvalue weighted by atomic mass is 9.99. The molecule has 2 aliphatic rings. The van der Waals surface area contributed by atoms with E-state index < -0.39 is 11.8 Å². The number of carbonyl (C=O) groups excluding carboxylic acids is 3. The smallest absolute Gasteiger partial charge is 0.312 e. The molecule has 3 amide bonds. The van der Waals surface area contributed by atoms with Crippen LogP contribution < -0.4 is 0 Å². The first-order valence-corrected chi connectivity index (χ1v) is 11.0. The molecule has 2 heterocycles. The van der Waals surface area contributed by atoms with E-state index in [1.807, 2.05) is 59.5 Å². The first-order chi connectivity index (χ1) is 15.0. The molecule has 2 fully saturated rings. The Hall–Kier alpha value is -3.15. The molecule has 0 spiro atoms. The van der Waals surface area contributed by atoms with Gasteiger partial charge in [-0.15, -0.1) is 0 Å². The Balaban J connectivity index is 1.34. The van der Waals surface area contributed by atoms with E-state index in [9.17, 15) is 14.4 Å². The molecule has 2 aromatic rings. The molecule has 0 unspecified atom stereocenters. The van der Waals surface area contributed by atoms with Crippen LogP contribution in [0.25, 0.3) is 0 Å². The average Bonchev–Trinajstić information content (AvgIpc) is 2.79. The molecule has 6 heteroatoms. The Labute approximate surface area is 183 Å². The van der Waals surface area contributed by atoms with Crippen molar-refractivity contribution in [3.8, 4) is 0 Å². The van der Waals surface area contributed by atoms with Gasteiger partial charge in [-0.1, -0.05) is 49.4 Å². The summed E-state index contributed by atoms with van der Waals surface area (Å²) in [5, 5.41) is 0. The van der Waals surface area contributed by atoms with Crippen molar-refractivity contribution in [2.45, 2.75) is 32.9 Å². The van der Waals surface area contributed by atoms with Crippen LogP contribution in [-0.4, -0.2) is 58.6 Å². The molecule has 31 heavy (non-hydrogen) atoms. The van der Waals surface area contributed by atoms with Gasteiger partial charge in [0.05, 0.1) is 0 Å². The van der Waals surface area contributed by atoms with Crippen LogP contribution in [0.15, 0.2) is 54.6 Å². The Kier molecular flexibility index (Phi) is 6.35. The average molecular weight is 420 g/mol. The summed E-state index contributed by atoms with van der Waals surface area (Å²) >= 11 is 0. The SMILES string of the molecule is C[C@H]1CCCN(C(=O)c2ccc(CN3CCN(Cc4ccccc4)C(=O)C3=O)cc2)C1. The second-order valence-electron chi connectivity index (χ2n) is 8.63. The lowest BCUT2D eigenvalue weighted by Crippen LogP contribution is -2.53. The molecule has 2 saturated heterocycles. The van der Waals surface area contributed by atoms with Crippen molar-refractivity contribution in [3.05, 3.63) is 71.3 Å². The van der Waals surface area contributed by atoms with Crippen molar-refractivity contribution >= 4 is 17.7 Å². The zero-order valence-electron chi connectivity index (χ0n) is 18.0. The number of piperidine rings is 1. The zero-order valence-corrected chi connectivity index (χ0v) is 18.0. The van der Waals surface area contributed by atoms with Gasteiger partial charge in [0.15, 0.2) is 0 Å². The van der Waals surface area contributed by atoms with Gasteiger partial charge >= 0.3 is 11.8 Å². The van der Waals surface area contributed by atoms with E-state index in [4.69, 9.17) is 0 Å². The molecular formula is C25H29N3O3. The van der Waals surface area contributed by atoms with Gasteiger partial charge in [0, 0.05) is 44.8 Å². The number of amides is 3. The molecule has 6 nitrogen and oxygen atoms in total. The minimum Gasteiger partial charge on any atom is -0.338 e. The number of nitrogens with zero attached hydrogens (tertiary/aromatic N) is 3. The van der Waals surface area contributed by atoms with E-state index in [-0.39, 0.29) is 5.91 Å². The first-order valence-electron chi connectivity index (χ1n) is 11.0. The number of hydrogen-bond acceptors (Lipinski definition) is 3. The first kappa shape index (κ1) is 21.1. The highest BCUT2D eigenvalue weighted by Crippen LogP contribution is 2.19. The highest BCUT2D eigenvalue weighted by Gasteiger charge is 2.32. The van der Waals surface area contributed by atoms with Crippen LogP contribution in [0.2, 0.25) is 0 Å². The van der Waals surface area contributed by atoms with Gasteiger partial charge in [-0.2, -0.15) is 0 Å². The fourth-order valence-electron chi connectivity index (χ4n) is 4.35. The molecule has 0 aliphatic carbocycles. The van der Waals surface area contributed by atoms with Crippen LogP contribution in [0.4, 0.5) is 0 Å². The molecular weight excluding hydrogens is 390 g/mol. The van der Waals surface area contributed by atoms with E-state index in [0.29, 0.717) is 37.7 Å². The van der Waals surface area contributed by atoms with E-state index in [0.717, 1.165) is 30.6 Å². The minimum atomic E-state index is -0.468. The van der Waals surface area contributed by atoms with E-state index in [2.05, 4.69) is 6.92 Å².